The van der Waals surface area contributed by atoms with Gasteiger partial charge in [-0.25, -0.2) is 0 Å². The van der Waals surface area contributed by atoms with Crippen molar-refractivity contribution in [1.29, 1.82) is 0 Å². The third-order valence-electron chi connectivity index (χ3n) is 4.69. The van der Waals surface area contributed by atoms with Gasteiger partial charge in [0, 0.05) is 30.1 Å². The molecule has 2 fully saturated rings. The first kappa shape index (κ1) is 15.7. The summed E-state index contributed by atoms with van der Waals surface area (Å²) in [7, 11) is 0. The van der Waals surface area contributed by atoms with E-state index in [1.165, 1.54) is 77.0 Å². The normalized spacial score (nSPS) is 26.2. The first-order valence-electron chi connectivity index (χ1n) is 8.23. The van der Waals surface area contributed by atoms with Crippen molar-refractivity contribution in [2.24, 2.45) is 5.92 Å². The molecule has 0 spiro atoms. The lowest BCUT2D eigenvalue weighted by atomic mass is 9.89. The van der Waals surface area contributed by atoms with Gasteiger partial charge in [0.25, 0.3) is 0 Å². The molecule has 0 bridgehead atoms. The van der Waals surface area contributed by atoms with Crippen molar-refractivity contribution in [3.63, 3.8) is 0 Å². The minimum Gasteiger partial charge on any atom is -0.315 e. The maximum absolute atomic E-state index is 3.70. The predicted octanol–water partition coefficient (Wildman–Crippen LogP) is 3.37. The largest absolute Gasteiger partial charge is 0.315 e. The Bertz CT molecular complexity index is 249. The van der Waals surface area contributed by atoms with Gasteiger partial charge in [-0.2, -0.15) is 11.8 Å². The molecule has 2 aliphatic rings. The molecule has 1 N–H and O–H groups in total. The van der Waals surface area contributed by atoms with Gasteiger partial charge in [-0.15, -0.1) is 0 Å². The number of rotatable bonds is 5. The van der Waals surface area contributed by atoms with Crippen molar-refractivity contribution in [2.45, 2.75) is 57.1 Å². The quantitative estimate of drug-likeness (QED) is 0.779. The van der Waals surface area contributed by atoms with E-state index in [9.17, 15) is 0 Å². The van der Waals surface area contributed by atoms with Gasteiger partial charge in [-0.05, 0) is 38.3 Å². The Balaban J connectivity index is 1.55. The molecular weight excluding hydrogens is 252 g/mol. The number of nitrogens with zero attached hydrogens (tertiary/aromatic N) is 1. The summed E-state index contributed by atoms with van der Waals surface area (Å²) in [5, 5.41) is 3.70. The smallest absolute Gasteiger partial charge is 0.0116 e. The molecule has 19 heavy (non-hydrogen) atoms. The molecule has 0 aromatic rings. The predicted molar refractivity (Wildman–Crippen MR) is 87.0 cm³/mol. The van der Waals surface area contributed by atoms with Gasteiger partial charge in [-0.3, -0.25) is 0 Å². The topological polar surface area (TPSA) is 15.3 Å². The first-order valence-corrected chi connectivity index (χ1v) is 9.21. The van der Waals surface area contributed by atoms with Gasteiger partial charge < -0.3 is 10.2 Å². The van der Waals surface area contributed by atoms with E-state index in [1.54, 1.807) is 0 Å². The maximum atomic E-state index is 3.70. The molecule has 0 atom stereocenters. The first-order chi connectivity index (χ1) is 9.16. The van der Waals surface area contributed by atoms with Crippen LogP contribution in [-0.4, -0.2) is 48.1 Å². The summed E-state index contributed by atoms with van der Waals surface area (Å²) in [5.41, 5.74) is 0. The molecule has 0 unspecified atom stereocenters. The summed E-state index contributed by atoms with van der Waals surface area (Å²) in [5.74, 6) is 2.27. The molecule has 3 heteroatoms. The Morgan fingerprint density at radius 2 is 1.95 bits per heavy atom. The lowest BCUT2D eigenvalue weighted by Crippen LogP contribution is -2.36. The van der Waals surface area contributed by atoms with Gasteiger partial charge in [0.2, 0.25) is 0 Å². The molecule has 1 saturated heterocycles. The molecule has 0 aromatic carbocycles. The minimum atomic E-state index is 0.490. The number of hydrogen-bond donors (Lipinski definition) is 1. The van der Waals surface area contributed by atoms with Crippen molar-refractivity contribution in [2.75, 3.05) is 38.5 Å². The van der Waals surface area contributed by atoms with Crippen LogP contribution >= 0.6 is 11.8 Å². The summed E-state index contributed by atoms with van der Waals surface area (Å²) in [6.45, 7) is 11.0. The molecule has 112 valence electrons. The van der Waals surface area contributed by atoms with E-state index in [0.29, 0.717) is 4.75 Å². The average Bonchev–Trinajstić information content (AvgIpc) is 2.57. The summed E-state index contributed by atoms with van der Waals surface area (Å²) < 4.78 is 0.490. The van der Waals surface area contributed by atoms with Gasteiger partial charge in [-0.1, -0.05) is 33.1 Å². The van der Waals surface area contributed by atoms with Crippen LogP contribution in [0.2, 0.25) is 0 Å². The highest BCUT2D eigenvalue weighted by Crippen LogP contribution is 2.30. The summed E-state index contributed by atoms with van der Waals surface area (Å²) in [6.07, 6.45) is 8.65. The van der Waals surface area contributed by atoms with E-state index in [-0.39, 0.29) is 0 Å². The van der Waals surface area contributed by atoms with Gasteiger partial charge in [0.15, 0.2) is 0 Å². The maximum Gasteiger partial charge on any atom is 0.0116 e. The van der Waals surface area contributed by atoms with Crippen LogP contribution in [0.15, 0.2) is 0 Å². The fourth-order valence-electron chi connectivity index (χ4n) is 3.22. The summed E-state index contributed by atoms with van der Waals surface area (Å²) in [4.78, 5) is 2.65. The van der Waals surface area contributed by atoms with Crippen LogP contribution < -0.4 is 5.32 Å². The Morgan fingerprint density at radius 1 is 1.16 bits per heavy atom. The molecule has 1 aliphatic carbocycles. The number of thioether (sulfide) groups is 1. The monoisotopic (exact) mass is 284 g/mol. The number of hydrogen-bond acceptors (Lipinski definition) is 3. The zero-order valence-electron chi connectivity index (χ0n) is 12.9. The Kier molecular flexibility index (Phi) is 6.51. The summed E-state index contributed by atoms with van der Waals surface area (Å²) in [6, 6.07) is 0. The zero-order valence-corrected chi connectivity index (χ0v) is 13.7. The second-order valence-corrected chi connectivity index (χ2v) is 8.71. The Labute approximate surface area is 124 Å². The van der Waals surface area contributed by atoms with Crippen LogP contribution in [0.25, 0.3) is 0 Å². The van der Waals surface area contributed by atoms with E-state index >= 15 is 0 Å². The second kappa shape index (κ2) is 7.90. The standard InChI is InChI=1S/C16H32N2S/c1-16(2)8-10-18(12-13-19-16)11-9-17-14-15-6-4-3-5-7-15/h15,17H,3-14H2,1-2H3. The molecule has 2 rings (SSSR count). The fourth-order valence-corrected chi connectivity index (χ4v) is 4.36. The lowest BCUT2D eigenvalue weighted by Gasteiger charge is -2.24. The highest BCUT2D eigenvalue weighted by Gasteiger charge is 2.23. The van der Waals surface area contributed by atoms with Gasteiger partial charge >= 0.3 is 0 Å². The third kappa shape index (κ3) is 6.05. The SMILES string of the molecule is CC1(C)CCN(CCNCC2CCCCC2)CCS1. The van der Waals surface area contributed by atoms with Crippen LogP contribution in [0.5, 0.6) is 0 Å². The lowest BCUT2D eigenvalue weighted by molar-refractivity contribution is 0.275. The van der Waals surface area contributed by atoms with Crippen LogP contribution in [0, 0.1) is 5.92 Å². The van der Waals surface area contributed by atoms with Crippen LogP contribution in [0.4, 0.5) is 0 Å². The van der Waals surface area contributed by atoms with Crippen molar-refractivity contribution in [3.8, 4) is 0 Å². The fraction of sp³-hybridized carbons (Fsp3) is 1.00. The van der Waals surface area contributed by atoms with Crippen molar-refractivity contribution in [1.82, 2.24) is 10.2 Å². The molecular formula is C16H32N2S. The second-order valence-electron chi connectivity index (χ2n) is 6.91. The molecule has 1 heterocycles. The summed E-state index contributed by atoms with van der Waals surface area (Å²) >= 11 is 2.14. The molecule has 0 aromatic heterocycles. The molecule has 0 radical (unpaired) electrons. The van der Waals surface area contributed by atoms with E-state index in [0.717, 1.165) is 5.92 Å². The molecule has 0 amide bonds. The van der Waals surface area contributed by atoms with E-state index in [4.69, 9.17) is 0 Å². The molecule has 2 nitrogen and oxygen atoms in total. The van der Waals surface area contributed by atoms with Gasteiger partial charge in [0.1, 0.15) is 0 Å². The van der Waals surface area contributed by atoms with Gasteiger partial charge in [0.05, 0.1) is 0 Å². The molecule has 1 saturated carbocycles. The van der Waals surface area contributed by atoms with Crippen molar-refractivity contribution in [3.05, 3.63) is 0 Å². The Hall–Kier alpha value is 0.270. The van der Waals surface area contributed by atoms with Crippen LogP contribution in [-0.2, 0) is 0 Å². The minimum absolute atomic E-state index is 0.490. The molecule has 1 aliphatic heterocycles. The van der Waals surface area contributed by atoms with Crippen LogP contribution in [0.3, 0.4) is 0 Å². The van der Waals surface area contributed by atoms with Crippen molar-refractivity contribution >= 4 is 11.8 Å². The van der Waals surface area contributed by atoms with E-state index in [1.807, 2.05) is 0 Å². The highest BCUT2D eigenvalue weighted by molar-refractivity contribution is 8.00. The average molecular weight is 285 g/mol. The van der Waals surface area contributed by atoms with Crippen molar-refractivity contribution < 1.29 is 0 Å². The zero-order chi connectivity index (χ0) is 13.6. The third-order valence-corrected chi connectivity index (χ3v) is 6.07. The van der Waals surface area contributed by atoms with E-state index < -0.39 is 0 Å². The highest BCUT2D eigenvalue weighted by atomic mass is 32.2. The number of nitrogens with one attached hydrogen (secondary N) is 1. The van der Waals surface area contributed by atoms with Crippen LogP contribution in [0.1, 0.15) is 52.4 Å². The van der Waals surface area contributed by atoms with E-state index in [2.05, 4.69) is 35.8 Å². The Morgan fingerprint density at radius 3 is 2.74 bits per heavy atom.